The summed E-state index contributed by atoms with van der Waals surface area (Å²) in [6.45, 7) is 0.675. The van der Waals surface area contributed by atoms with Gasteiger partial charge in [0.25, 0.3) is 0 Å². The lowest BCUT2D eigenvalue weighted by Crippen LogP contribution is -2.27. The summed E-state index contributed by atoms with van der Waals surface area (Å²) in [6.07, 6.45) is 0. The molecule has 1 heterocycles. The Bertz CT molecular complexity index is 437. The second kappa shape index (κ2) is 5.97. The van der Waals surface area contributed by atoms with Gasteiger partial charge >= 0.3 is 6.61 Å². The first-order valence-corrected chi connectivity index (χ1v) is 6.12. The third kappa shape index (κ3) is 3.64. The number of rotatable bonds is 4. The number of carbonyl (C=O) groups excluding carboxylic acids is 1. The molecule has 1 aliphatic heterocycles. The van der Waals surface area contributed by atoms with Crippen molar-refractivity contribution in [3.63, 3.8) is 0 Å². The quantitative estimate of drug-likeness (QED) is 0.880. The third-order valence-corrected chi connectivity index (χ3v) is 3.20. The SMILES string of the molecule is C[C@@H]1CNC[C@H]1C(=O)Nc1ccc(OC(F)F)cc1. The number of nitrogens with one attached hydrogen (secondary N) is 2. The van der Waals surface area contributed by atoms with Crippen LogP contribution in [0.5, 0.6) is 5.75 Å². The maximum Gasteiger partial charge on any atom is 0.387 e. The fourth-order valence-electron chi connectivity index (χ4n) is 2.12. The van der Waals surface area contributed by atoms with Gasteiger partial charge in [0.05, 0.1) is 5.92 Å². The Hall–Kier alpha value is -1.69. The van der Waals surface area contributed by atoms with Crippen LogP contribution < -0.4 is 15.4 Å². The molecule has 1 aromatic rings. The zero-order chi connectivity index (χ0) is 13.8. The highest BCUT2D eigenvalue weighted by atomic mass is 19.3. The van der Waals surface area contributed by atoms with E-state index in [2.05, 4.69) is 15.4 Å². The van der Waals surface area contributed by atoms with Crippen LogP contribution in [0.25, 0.3) is 0 Å². The van der Waals surface area contributed by atoms with Gasteiger partial charge in [0.2, 0.25) is 5.91 Å². The topological polar surface area (TPSA) is 50.4 Å². The molecule has 0 bridgehead atoms. The normalized spacial score (nSPS) is 22.5. The molecule has 0 aliphatic carbocycles. The molecule has 6 heteroatoms. The van der Waals surface area contributed by atoms with Gasteiger partial charge in [0.1, 0.15) is 5.75 Å². The summed E-state index contributed by atoms with van der Waals surface area (Å²) in [6, 6.07) is 5.89. The molecule has 19 heavy (non-hydrogen) atoms. The van der Waals surface area contributed by atoms with Crippen LogP contribution in [0.3, 0.4) is 0 Å². The minimum atomic E-state index is -2.84. The van der Waals surface area contributed by atoms with E-state index in [4.69, 9.17) is 0 Å². The Balaban J connectivity index is 1.93. The molecule has 2 atom stereocenters. The van der Waals surface area contributed by atoms with E-state index in [-0.39, 0.29) is 17.6 Å². The molecular formula is C13H16F2N2O2. The van der Waals surface area contributed by atoms with Gasteiger partial charge in [0, 0.05) is 12.2 Å². The second-order valence-corrected chi connectivity index (χ2v) is 4.63. The Morgan fingerprint density at radius 2 is 2.05 bits per heavy atom. The second-order valence-electron chi connectivity index (χ2n) is 4.63. The fourth-order valence-corrected chi connectivity index (χ4v) is 2.12. The highest BCUT2D eigenvalue weighted by molar-refractivity contribution is 5.93. The highest BCUT2D eigenvalue weighted by Crippen LogP contribution is 2.21. The number of alkyl halides is 2. The maximum absolute atomic E-state index is 12.0. The third-order valence-electron chi connectivity index (χ3n) is 3.20. The molecule has 0 spiro atoms. The van der Waals surface area contributed by atoms with Gasteiger partial charge in [-0.15, -0.1) is 0 Å². The van der Waals surface area contributed by atoms with Crippen molar-refractivity contribution in [1.29, 1.82) is 0 Å². The maximum atomic E-state index is 12.0. The van der Waals surface area contributed by atoms with Gasteiger partial charge in [0.15, 0.2) is 0 Å². The Kier molecular flexibility index (Phi) is 4.31. The number of carbonyl (C=O) groups is 1. The lowest BCUT2D eigenvalue weighted by atomic mass is 9.97. The standard InChI is InChI=1S/C13H16F2N2O2/c1-8-6-16-7-11(8)12(18)17-9-2-4-10(5-3-9)19-13(14)15/h2-5,8,11,13,16H,6-7H2,1H3,(H,17,18)/t8-,11-/m1/s1. The molecule has 2 rings (SSSR count). The van der Waals surface area contributed by atoms with Crippen molar-refractivity contribution in [3.05, 3.63) is 24.3 Å². The van der Waals surface area contributed by atoms with E-state index in [1.165, 1.54) is 12.1 Å². The molecule has 1 saturated heterocycles. The number of benzene rings is 1. The van der Waals surface area contributed by atoms with Crippen molar-refractivity contribution in [3.8, 4) is 5.75 Å². The van der Waals surface area contributed by atoms with Crippen molar-refractivity contribution in [1.82, 2.24) is 5.32 Å². The molecule has 1 aromatic carbocycles. The first-order chi connectivity index (χ1) is 9.06. The zero-order valence-electron chi connectivity index (χ0n) is 10.5. The molecule has 2 N–H and O–H groups in total. The van der Waals surface area contributed by atoms with Gasteiger partial charge in [-0.2, -0.15) is 8.78 Å². The van der Waals surface area contributed by atoms with Crippen LogP contribution in [0, 0.1) is 11.8 Å². The van der Waals surface area contributed by atoms with Crippen LogP contribution in [0.4, 0.5) is 14.5 Å². The summed E-state index contributed by atoms with van der Waals surface area (Å²) in [5, 5.41) is 5.93. The summed E-state index contributed by atoms with van der Waals surface area (Å²) < 4.78 is 28.2. The van der Waals surface area contributed by atoms with E-state index >= 15 is 0 Å². The van der Waals surface area contributed by atoms with E-state index in [1.54, 1.807) is 12.1 Å². The van der Waals surface area contributed by atoms with Gasteiger partial charge in [-0.3, -0.25) is 4.79 Å². The molecule has 0 aromatic heterocycles. The monoisotopic (exact) mass is 270 g/mol. The molecule has 104 valence electrons. The van der Waals surface area contributed by atoms with Crippen molar-refractivity contribution in [2.45, 2.75) is 13.5 Å². The first kappa shape index (κ1) is 13.7. The van der Waals surface area contributed by atoms with Crippen molar-refractivity contribution in [2.75, 3.05) is 18.4 Å². The molecular weight excluding hydrogens is 254 g/mol. The number of ether oxygens (including phenoxy) is 1. The molecule has 0 unspecified atom stereocenters. The summed E-state index contributed by atoms with van der Waals surface area (Å²) in [5.41, 5.74) is 0.575. The van der Waals surface area contributed by atoms with E-state index in [9.17, 15) is 13.6 Å². The smallest absolute Gasteiger partial charge is 0.387 e. The largest absolute Gasteiger partial charge is 0.435 e. The number of halogens is 2. The van der Waals surface area contributed by atoms with Crippen molar-refractivity contribution in [2.24, 2.45) is 11.8 Å². The van der Waals surface area contributed by atoms with Crippen LogP contribution in [-0.4, -0.2) is 25.6 Å². The summed E-state index contributed by atoms with van der Waals surface area (Å²) in [7, 11) is 0. The minimum absolute atomic E-state index is 0.0555. The minimum Gasteiger partial charge on any atom is -0.435 e. The molecule has 1 aliphatic rings. The van der Waals surface area contributed by atoms with Gasteiger partial charge in [-0.1, -0.05) is 6.92 Å². The Morgan fingerprint density at radius 3 is 2.58 bits per heavy atom. The van der Waals surface area contributed by atoms with Crippen molar-refractivity contribution >= 4 is 11.6 Å². The average molecular weight is 270 g/mol. The predicted octanol–water partition coefficient (Wildman–Crippen LogP) is 2.08. The van der Waals surface area contributed by atoms with Crippen LogP contribution in [0.15, 0.2) is 24.3 Å². The van der Waals surface area contributed by atoms with Crippen molar-refractivity contribution < 1.29 is 18.3 Å². The van der Waals surface area contributed by atoms with Gasteiger partial charge in [-0.05, 0) is 36.7 Å². The van der Waals surface area contributed by atoms with E-state index < -0.39 is 6.61 Å². The first-order valence-electron chi connectivity index (χ1n) is 6.12. The molecule has 1 amide bonds. The zero-order valence-corrected chi connectivity index (χ0v) is 10.5. The van der Waals surface area contributed by atoms with Crippen LogP contribution in [0.1, 0.15) is 6.92 Å². The Labute approximate surface area is 110 Å². The van der Waals surface area contributed by atoms with E-state index in [0.29, 0.717) is 18.2 Å². The number of hydrogen-bond acceptors (Lipinski definition) is 3. The Morgan fingerprint density at radius 1 is 1.37 bits per heavy atom. The van der Waals surface area contributed by atoms with Crippen LogP contribution in [-0.2, 0) is 4.79 Å². The lowest BCUT2D eigenvalue weighted by molar-refractivity contribution is -0.120. The molecule has 0 radical (unpaired) electrons. The lowest BCUT2D eigenvalue weighted by Gasteiger charge is -2.14. The average Bonchev–Trinajstić information content (AvgIpc) is 2.77. The van der Waals surface area contributed by atoms with E-state index in [0.717, 1.165) is 6.54 Å². The molecule has 0 saturated carbocycles. The predicted molar refractivity (Wildman–Crippen MR) is 67.2 cm³/mol. The summed E-state index contributed by atoms with van der Waals surface area (Å²) >= 11 is 0. The number of anilines is 1. The summed E-state index contributed by atoms with van der Waals surface area (Å²) in [5.74, 6) is 0.252. The van der Waals surface area contributed by atoms with Crippen LogP contribution >= 0.6 is 0 Å². The van der Waals surface area contributed by atoms with E-state index in [1.807, 2.05) is 6.92 Å². The number of hydrogen-bond donors (Lipinski definition) is 2. The molecule has 1 fully saturated rings. The fraction of sp³-hybridized carbons (Fsp3) is 0.462. The van der Waals surface area contributed by atoms with Gasteiger partial charge < -0.3 is 15.4 Å². The van der Waals surface area contributed by atoms with Crippen LogP contribution in [0.2, 0.25) is 0 Å². The summed E-state index contributed by atoms with van der Waals surface area (Å²) in [4.78, 5) is 12.0. The molecule has 4 nitrogen and oxygen atoms in total. The highest BCUT2D eigenvalue weighted by Gasteiger charge is 2.29. The van der Waals surface area contributed by atoms with Gasteiger partial charge in [-0.25, -0.2) is 0 Å². The number of amides is 1.